The first kappa shape index (κ1) is 14.9. The molecule has 1 aliphatic rings. The lowest BCUT2D eigenvalue weighted by atomic mass is 9.96. The van der Waals surface area contributed by atoms with Gasteiger partial charge in [-0.1, -0.05) is 13.8 Å². The van der Waals surface area contributed by atoms with Crippen LogP contribution in [0, 0.1) is 5.92 Å². The summed E-state index contributed by atoms with van der Waals surface area (Å²) >= 11 is 1.65. The van der Waals surface area contributed by atoms with Gasteiger partial charge in [-0.05, 0) is 43.4 Å². The van der Waals surface area contributed by atoms with Gasteiger partial charge in [0, 0.05) is 10.6 Å². The lowest BCUT2D eigenvalue weighted by molar-refractivity contribution is -0.134. The summed E-state index contributed by atoms with van der Waals surface area (Å²) in [5, 5.41) is 2.75. The van der Waals surface area contributed by atoms with Crippen molar-refractivity contribution in [3.05, 3.63) is 24.3 Å². The van der Waals surface area contributed by atoms with E-state index in [4.69, 9.17) is 0 Å². The summed E-state index contributed by atoms with van der Waals surface area (Å²) in [6, 6.07) is 6.84. The van der Waals surface area contributed by atoms with Crippen LogP contribution in [0.2, 0.25) is 0 Å². The molecule has 0 saturated carbocycles. The van der Waals surface area contributed by atoms with Gasteiger partial charge in [-0.15, -0.1) is 11.8 Å². The Hall–Kier alpha value is -1.49. The molecule has 5 heteroatoms. The highest BCUT2D eigenvalue weighted by atomic mass is 32.2. The lowest BCUT2D eigenvalue weighted by Crippen LogP contribution is -2.64. The van der Waals surface area contributed by atoms with E-state index in [-0.39, 0.29) is 17.7 Å². The Labute approximate surface area is 123 Å². The van der Waals surface area contributed by atoms with Crippen molar-refractivity contribution in [2.24, 2.45) is 5.92 Å². The molecule has 20 heavy (non-hydrogen) atoms. The number of carbonyl (C=O) groups excluding carboxylic acids is 2. The summed E-state index contributed by atoms with van der Waals surface area (Å²) in [4.78, 5) is 27.4. The van der Waals surface area contributed by atoms with Crippen molar-refractivity contribution in [1.82, 2.24) is 5.32 Å². The van der Waals surface area contributed by atoms with Gasteiger partial charge in [-0.25, -0.2) is 0 Å². The van der Waals surface area contributed by atoms with Crippen molar-refractivity contribution >= 4 is 29.3 Å². The molecule has 1 aromatic rings. The summed E-state index contributed by atoms with van der Waals surface area (Å²) in [6.45, 7) is 5.63. The van der Waals surface area contributed by atoms with Gasteiger partial charge in [0.1, 0.15) is 12.1 Å². The molecular formula is C15H20N2O2S. The summed E-state index contributed by atoms with van der Waals surface area (Å²) in [5.74, 6) is -0.0760. The maximum Gasteiger partial charge on any atom is 0.250 e. The van der Waals surface area contributed by atoms with E-state index in [1.807, 2.05) is 44.4 Å². The van der Waals surface area contributed by atoms with Crippen LogP contribution in [0.3, 0.4) is 0 Å². The molecule has 0 aliphatic carbocycles. The third-order valence-corrected chi connectivity index (χ3v) is 4.24. The zero-order chi connectivity index (χ0) is 14.9. The van der Waals surface area contributed by atoms with Crippen molar-refractivity contribution < 1.29 is 9.59 Å². The number of hydrogen-bond donors (Lipinski definition) is 1. The Balaban J connectivity index is 2.41. The van der Waals surface area contributed by atoms with Crippen molar-refractivity contribution in [1.29, 1.82) is 0 Å². The average Bonchev–Trinajstić information content (AvgIpc) is 2.42. The van der Waals surface area contributed by atoms with E-state index >= 15 is 0 Å². The third kappa shape index (κ3) is 2.68. The molecule has 4 nitrogen and oxygen atoms in total. The lowest BCUT2D eigenvalue weighted by Gasteiger charge is -2.39. The third-order valence-electron chi connectivity index (χ3n) is 3.50. The molecule has 0 radical (unpaired) electrons. The van der Waals surface area contributed by atoms with Crippen molar-refractivity contribution in [2.75, 3.05) is 11.2 Å². The van der Waals surface area contributed by atoms with Crippen LogP contribution in [0.15, 0.2) is 29.2 Å². The second-order valence-electron chi connectivity index (χ2n) is 5.33. The van der Waals surface area contributed by atoms with E-state index in [0.717, 1.165) is 10.6 Å². The fraction of sp³-hybridized carbons (Fsp3) is 0.467. The smallest absolute Gasteiger partial charge is 0.250 e. The summed E-state index contributed by atoms with van der Waals surface area (Å²) < 4.78 is 0. The van der Waals surface area contributed by atoms with Crippen LogP contribution in [0.25, 0.3) is 0 Å². The normalized spacial score (nSPS) is 23.1. The molecule has 108 valence electrons. The minimum absolute atomic E-state index is 0.0554. The molecule has 2 amide bonds. The van der Waals surface area contributed by atoms with Gasteiger partial charge in [0.15, 0.2) is 0 Å². The molecule has 0 bridgehead atoms. The molecular weight excluding hydrogens is 272 g/mol. The molecule has 1 aliphatic heterocycles. The van der Waals surface area contributed by atoms with E-state index in [1.165, 1.54) is 0 Å². The minimum atomic E-state index is -0.474. The summed E-state index contributed by atoms with van der Waals surface area (Å²) in [5.41, 5.74) is 0.785. The molecule has 1 N–H and O–H groups in total. The van der Waals surface area contributed by atoms with Gasteiger partial charge in [0.05, 0.1) is 0 Å². The number of rotatable bonds is 3. The molecule has 1 heterocycles. The second kappa shape index (κ2) is 5.87. The van der Waals surface area contributed by atoms with Crippen LogP contribution < -0.4 is 10.2 Å². The number of carbonyl (C=O) groups is 2. The minimum Gasteiger partial charge on any atom is -0.343 e. The van der Waals surface area contributed by atoms with Crippen molar-refractivity contribution in [3.8, 4) is 0 Å². The van der Waals surface area contributed by atoms with Crippen LogP contribution in [-0.4, -0.2) is 30.2 Å². The standard InChI is InChI=1S/C15H20N2O2S/c1-9(2)13-14(18)16-10(3)15(19)17(13)11-5-7-12(20-4)8-6-11/h5-10,13H,1-4H3,(H,16,18). The maximum absolute atomic E-state index is 12.4. The molecule has 0 spiro atoms. The number of anilines is 1. The molecule has 0 aromatic heterocycles. The largest absolute Gasteiger partial charge is 0.343 e. The Morgan fingerprint density at radius 2 is 1.80 bits per heavy atom. The number of hydrogen-bond acceptors (Lipinski definition) is 3. The van der Waals surface area contributed by atoms with Crippen LogP contribution in [0.4, 0.5) is 5.69 Å². The van der Waals surface area contributed by atoms with Crippen molar-refractivity contribution in [2.45, 2.75) is 37.8 Å². The van der Waals surface area contributed by atoms with Gasteiger partial charge < -0.3 is 5.32 Å². The molecule has 1 saturated heterocycles. The molecule has 2 rings (SSSR count). The van der Waals surface area contributed by atoms with Crippen LogP contribution >= 0.6 is 11.8 Å². The Morgan fingerprint density at radius 3 is 2.30 bits per heavy atom. The SMILES string of the molecule is CSc1ccc(N2C(=O)C(C)NC(=O)C2C(C)C)cc1. The fourth-order valence-corrected chi connectivity index (χ4v) is 2.86. The predicted octanol–water partition coefficient (Wildman–Crippen LogP) is 2.28. The summed E-state index contributed by atoms with van der Waals surface area (Å²) in [6.07, 6.45) is 2.01. The van der Waals surface area contributed by atoms with Gasteiger partial charge in [0.25, 0.3) is 0 Å². The quantitative estimate of drug-likeness (QED) is 0.870. The number of nitrogens with zero attached hydrogens (tertiary/aromatic N) is 1. The van der Waals surface area contributed by atoms with Gasteiger partial charge >= 0.3 is 0 Å². The number of nitrogens with one attached hydrogen (secondary N) is 1. The van der Waals surface area contributed by atoms with E-state index in [2.05, 4.69) is 5.32 Å². The maximum atomic E-state index is 12.4. The van der Waals surface area contributed by atoms with Gasteiger partial charge in [0.2, 0.25) is 11.8 Å². The van der Waals surface area contributed by atoms with E-state index < -0.39 is 12.1 Å². The molecule has 2 unspecified atom stereocenters. The second-order valence-corrected chi connectivity index (χ2v) is 6.21. The first-order valence-corrected chi connectivity index (χ1v) is 7.95. The monoisotopic (exact) mass is 292 g/mol. The molecule has 1 fully saturated rings. The number of amides is 2. The zero-order valence-electron chi connectivity index (χ0n) is 12.2. The average molecular weight is 292 g/mol. The highest BCUT2D eigenvalue weighted by Gasteiger charge is 2.40. The van der Waals surface area contributed by atoms with Crippen LogP contribution in [-0.2, 0) is 9.59 Å². The van der Waals surface area contributed by atoms with Crippen LogP contribution in [0.5, 0.6) is 0 Å². The fourth-order valence-electron chi connectivity index (χ4n) is 2.46. The zero-order valence-corrected chi connectivity index (χ0v) is 13.0. The number of thioether (sulfide) groups is 1. The van der Waals surface area contributed by atoms with Crippen molar-refractivity contribution in [3.63, 3.8) is 0 Å². The predicted molar refractivity (Wildman–Crippen MR) is 81.9 cm³/mol. The molecule has 2 atom stereocenters. The molecule has 1 aromatic carbocycles. The number of benzene rings is 1. The Morgan fingerprint density at radius 1 is 1.20 bits per heavy atom. The van der Waals surface area contributed by atoms with Gasteiger partial charge in [-0.2, -0.15) is 0 Å². The topological polar surface area (TPSA) is 49.4 Å². The van der Waals surface area contributed by atoms with E-state index in [0.29, 0.717) is 0 Å². The highest BCUT2D eigenvalue weighted by molar-refractivity contribution is 7.98. The summed E-state index contributed by atoms with van der Waals surface area (Å²) in [7, 11) is 0. The first-order valence-electron chi connectivity index (χ1n) is 6.73. The van der Waals surface area contributed by atoms with Gasteiger partial charge in [-0.3, -0.25) is 14.5 Å². The highest BCUT2D eigenvalue weighted by Crippen LogP contribution is 2.27. The number of piperazine rings is 1. The Kier molecular flexibility index (Phi) is 4.38. The Bertz CT molecular complexity index is 513. The van der Waals surface area contributed by atoms with Crippen LogP contribution in [0.1, 0.15) is 20.8 Å². The van der Waals surface area contributed by atoms with E-state index in [9.17, 15) is 9.59 Å². The first-order chi connectivity index (χ1) is 9.45. The van der Waals surface area contributed by atoms with E-state index in [1.54, 1.807) is 23.6 Å².